The molecule has 0 bridgehead atoms. The first-order valence-corrected chi connectivity index (χ1v) is 6.62. The Labute approximate surface area is 122 Å². The van der Waals surface area contributed by atoms with Crippen molar-refractivity contribution in [2.45, 2.75) is 26.3 Å². The molecular formula is C14H16N6O. The van der Waals surface area contributed by atoms with Gasteiger partial charge in [0.15, 0.2) is 5.90 Å². The maximum Gasteiger partial charge on any atom is 0.253 e. The molecular weight excluding hydrogens is 268 g/mol. The number of nitrogens with one attached hydrogen (secondary N) is 1. The quantitative estimate of drug-likeness (QED) is 0.562. The molecule has 7 nitrogen and oxygen atoms in total. The van der Waals surface area contributed by atoms with Crippen LogP contribution in [-0.4, -0.2) is 28.5 Å². The molecule has 0 fully saturated rings. The van der Waals surface area contributed by atoms with Gasteiger partial charge >= 0.3 is 0 Å². The molecule has 0 spiro atoms. The van der Waals surface area contributed by atoms with Gasteiger partial charge in [0.05, 0.1) is 6.04 Å². The highest BCUT2D eigenvalue weighted by molar-refractivity contribution is 6.01. The summed E-state index contributed by atoms with van der Waals surface area (Å²) in [5.74, 6) is 1.16. The molecule has 21 heavy (non-hydrogen) atoms. The van der Waals surface area contributed by atoms with Crippen molar-refractivity contribution in [2.24, 2.45) is 20.8 Å². The van der Waals surface area contributed by atoms with Crippen molar-refractivity contribution in [3.05, 3.63) is 29.8 Å². The van der Waals surface area contributed by atoms with E-state index in [2.05, 4.69) is 15.1 Å². The van der Waals surface area contributed by atoms with E-state index in [4.69, 9.17) is 15.9 Å². The van der Waals surface area contributed by atoms with Crippen LogP contribution in [0.25, 0.3) is 0 Å². The highest BCUT2D eigenvalue weighted by Crippen LogP contribution is 2.37. The minimum atomic E-state index is -0.311. The monoisotopic (exact) mass is 284 g/mol. The van der Waals surface area contributed by atoms with Gasteiger partial charge in [0, 0.05) is 24.6 Å². The molecule has 1 unspecified atom stereocenters. The normalized spacial score (nSPS) is 25.0. The van der Waals surface area contributed by atoms with Crippen molar-refractivity contribution in [3.8, 4) is 5.75 Å². The average molecular weight is 284 g/mol. The smallest absolute Gasteiger partial charge is 0.253 e. The van der Waals surface area contributed by atoms with Gasteiger partial charge in [-0.1, -0.05) is 18.2 Å². The summed E-state index contributed by atoms with van der Waals surface area (Å²) in [7, 11) is 0. The number of rotatable bonds is 0. The Hall–Kier alpha value is -2.70. The number of ether oxygens (including phenoxy) is 1. The van der Waals surface area contributed by atoms with Gasteiger partial charge in [0.2, 0.25) is 5.96 Å². The molecule has 108 valence electrons. The van der Waals surface area contributed by atoms with Crippen LogP contribution >= 0.6 is 0 Å². The van der Waals surface area contributed by atoms with Gasteiger partial charge in [0.1, 0.15) is 5.75 Å². The van der Waals surface area contributed by atoms with E-state index in [0.717, 1.165) is 23.4 Å². The van der Waals surface area contributed by atoms with Crippen molar-refractivity contribution in [3.63, 3.8) is 0 Å². The number of aliphatic imine (C=N–C) groups is 2. The molecule has 2 heterocycles. The molecule has 1 aromatic carbocycles. The number of hydrogen-bond donors (Lipinski definition) is 2. The Kier molecular flexibility index (Phi) is 3.17. The van der Waals surface area contributed by atoms with Gasteiger partial charge < -0.3 is 10.5 Å². The first-order valence-electron chi connectivity index (χ1n) is 6.62. The molecule has 0 amide bonds. The van der Waals surface area contributed by atoms with Crippen molar-refractivity contribution in [2.75, 3.05) is 0 Å². The molecule has 0 aliphatic carbocycles. The van der Waals surface area contributed by atoms with Crippen molar-refractivity contribution < 1.29 is 4.74 Å². The number of guanidine groups is 2. The third kappa shape index (κ3) is 2.49. The fraction of sp³-hybridized carbons (Fsp3) is 0.286. The van der Waals surface area contributed by atoms with E-state index in [-0.39, 0.29) is 18.0 Å². The molecule has 2 aliphatic rings. The van der Waals surface area contributed by atoms with Crippen LogP contribution in [0.1, 0.15) is 31.9 Å². The van der Waals surface area contributed by atoms with E-state index < -0.39 is 0 Å². The van der Waals surface area contributed by atoms with E-state index in [1.165, 1.54) is 0 Å². The Balaban J connectivity index is 2.16. The lowest BCUT2D eigenvalue weighted by Gasteiger charge is -2.26. The Morgan fingerprint density at radius 1 is 1.43 bits per heavy atom. The van der Waals surface area contributed by atoms with Gasteiger partial charge in [-0.05, 0) is 13.0 Å². The maximum atomic E-state index is 7.37. The van der Waals surface area contributed by atoms with E-state index in [0.29, 0.717) is 5.90 Å². The van der Waals surface area contributed by atoms with Crippen molar-refractivity contribution in [1.82, 2.24) is 5.01 Å². The zero-order valence-corrected chi connectivity index (χ0v) is 11.9. The van der Waals surface area contributed by atoms with Crippen LogP contribution < -0.4 is 10.5 Å². The summed E-state index contributed by atoms with van der Waals surface area (Å²) in [6, 6.07) is 7.75. The lowest BCUT2D eigenvalue weighted by Crippen LogP contribution is -2.31. The Morgan fingerprint density at radius 2 is 2.19 bits per heavy atom. The number of hydrazone groups is 1. The van der Waals surface area contributed by atoms with Crippen LogP contribution in [0.5, 0.6) is 5.75 Å². The second-order valence-corrected chi connectivity index (χ2v) is 4.97. The SMILES string of the molecule is CC1=NN2C(=N/C(=N)N)/N=C(/C)Oc3ccccc3C2C1. The fourth-order valence-electron chi connectivity index (χ4n) is 2.49. The summed E-state index contributed by atoms with van der Waals surface area (Å²) in [5, 5.41) is 13.6. The summed E-state index contributed by atoms with van der Waals surface area (Å²) in [6.45, 7) is 3.69. The van der Waals surface area contributed by atoms with Crippen LogP contribution in [0.15, 0.2) is 39.4 Å². The van der Waals surface area contributed by atoms with Crippen LogP contribution in [0.2, 0.25) is 0 Å². The van der Waals surface area contributed by atoms with Gasteiger partial charge in [-0.15, -0.1) is 0 Å². The van der Waals surface area contributed by atoms with Crippen LogP contribution in [0, 0.1) is 5.41 Å². The number of fused-ring (bicyclic) bond motifs is 3. The van der Waals surface area contributed by atoms with Crippen LogP contribution in [0.3, 0.4) is 0 Å². The first-order chi connectivity index (χ1) is 10.0. The lowest BCUT2D eigenvalue weighted by molar-refractivity contribution is 0.352. The first kappa shape index (κ1) is 13.3. The van der Waals surface area contributed by atoms with Gasteiger partial charge in [-0.3, -0.25) is 5.41 Å². The molecule has 0 saturated carbocycles. The molecule has 2 aliphatic heterocycles. The molecule has 1 atom stereocenters. The third-order valence-corrected chi connectivity index (χ3v) is 3.28. The highest BCUT2D eigenvalue weighted by atomic mass is 16.5. The third-order valence-electron chi connectivity index (χ3n) is 3.28. The van der Waals surface area contributed by atoms with E-state index >= 15 is 0 Å². The van der Waals surface area contributed by atoms with Crippen LogP contribution in [0.4, 0.5) is 0 Å². The average Bonchev–Trinajstić information content (AvgIpc) is 2.78. The second-order valence-electron chi connectivity index (χ2n) is 4.97. The summed E-state index contributed by atoms with van der Waals surface area (Å²) in [6.07, 6.45) is 0.756. The minimum absolute atomic E-state index is 0.0452. The van der Waals surface area contributed by atoms with Gasteiger partial charge in [-0.2, -0.15) is 15.1 Å². The number of para-hydroxylation sites is 1. The van der Waals surface area contributed by atoms with E-state index in [9.17, 15) is 0 Å². The topological polar surface area (TPSA) is 99.4 Å². The lowest BCUT2D eigenvalue weighted by atomic mass is 10.0. The fourth-order valence-corrected chi connectivity index (χ4v) is 2.49. The molecule has 7 heteroatoms. The second kappa shape index (κ2) is 5.01. The molecule has 3 N–H and O–H groups in total. The predicted octanol–water partition coefficient (Wildman–Crippen LogP) is 1.87. The van der Waals surface area contributed by atoms with Crippen molar-refractivity contribution in [1.29, 1.82) is 5.41 Å². The van der Waals surface area contributed by atoms with E-state index in [1.54, 1.807) is 11.9 Å². The van der Waals surface area contributed by atoms with Crippen LogP contribution in [-0.2, 0) is 0 Å². The van der Waals surface area contributed by atoms with Gasteiger partial charge in [0.25, 0.3) is 5.96 Å². The number of hydrogen-bond acceptors (Lipinski definition) is 3. The number of nitrogens with two attached hydrogens (primary N) is 1. The summed E-state index contributed by atoms with van der Waals surface area (Å²) in [5.41, 5.74) is 7.37. The summed E-state index contributed by atoms with van der Waals surface area (Å²) >= 11 is 0. The largest absolute Gasteiger partial charge is 0.443 e. The standard InChI is InChI=1S/C14H16N6O/c1-8-7-11-10-5-3-4-6-12(10)21-9(2)17-14(18-13(15)16)20(11)19-8/h3-6,11H,7H2,1-2H3,(H3,15,16)/b17-9-,18-14+. The predicted molar refractivity (Wildman–Crippen MR) is 81.8 cm³/mol. The Morgan fingerprint density at radius 3 is 2.95 bits per heavy atom. The van der Waals surface area contributed by atoms with Gasteiger partial charge in [-0.25, -0.2) is 5.01 Å². The zero-order chi connectivity index (χ0) is 15.0. The number of benzene rings is 1. The summed E-state index contributed by atoms with van der Waals surface area (Å²) in [4.78, 5) is 8.26. The van der Waals surface area contributed by atoms with Crippen molar-refractivity contribution >= 4 is 23.5 Å². The highest BCUT2D eigenvalue weighted by Gasteiger charge is 2.33. The molecule has 0 radical (unpaired) electrons. The zero-order valence-electron chi connectivity index (χ0n) is 11.9. The molecule has 0 aromatic heterocycles. The molecule has 0 saturated heterocycles. The summed E-state index contributed by atoms with van der Waals surface area (Å²) < 4.78 is 5.77. The minimum Gasteiger partial charge on any atom is -0.443 e. The maximum absolute atomic E-state index is 7.37. The molecule has 1 aromatic rings. The molecule has 3 rings (SSSR count). The number of nitrogens with zero attached hydrogens (tertiary/aromatic N) is 4. The van der Waals surface area contributed by atoms with E-state index in [1.807, 2.05) is 31.2 Å². The Bertz CT molecular complexity index is 690.